The first-order valence-electron chi connectivity index (χ1n) is 7.48. The Hall–Kier alpha value is -1.20. The first kappa shape index (κ1) is 15.2. The number of nitrogens with one attached hydrogen (secondary N) is 1. The lowest BCUT2D eigenvalue weighted by molar-refractivity contribution is 0.113. The smallest absolute Gasteiger partial charge is 0.132 e. The van der Waals surface area contributed by atoms with Crippen LogP contribution in [-0.2, 0) is 12.8 Å². The van der Waals surface area contributed by atoms with Crippen molar-refractivity contribution in [2.45, 2.75) is 32.7 Å². The molecule has 112 valence electrons. The third-order valence-electron chi connectivity index (χ3n) is 4.26. The molecule has 0 bridgehead atoms. The van der Waals surface area contributed by atoms with E-state index in [2.05, 4.69) is 48.0 Å². The van der Waals surface area contributed by atoms with Crippen molar-refractivity contribution in [3.8, 4) is 0 Å². The molecule has 20 heavy (non-hydrogen) atoms. The van der Waals surface area contributed by atoms with Crippen LogP contribution >= 0.6 is 0 Å². The van der Waals surface area contributed by atoms with Crippen molar-refractivity contribution in [2.75, 3.05) is 46.1 Å². The number of anilines is 1. The van der Waals surface area contributed by atoms with E-state index in [1.165, 1.54) is 5.56 Å². The molecule has 1 saturated heterocycles. The van der Waals surface area contributed by atoms with Gasteiger partial charge in [-0.1, -0.05) is 6.92 Å². The number of hydrogen-bond donors (Lipinski definition) is 1. The summed E-state index contributed by atoms with van der Waals surface area (Å²) in [6, 6.07) is 0.505. The van der Waals surface area contributed by atoms with Gasteiger partial charge in [0.1, 0.15) is 11.6 Å². The van der Waals surface area contributed by atoms with Gasteiger partial charge in [0, 0.05) is 50.4 Å². The molecule has 1 aromatic heterocycles. The van der Waals surface area contributed by atoms with E-state index in [9.17, 15) is 0 Å². The Morgan fingerprint density at radius 2 is 2.00 bits per heavy atom. The van der Waals surface area contributed by atoms with Gasteiger partial charge in [-0.3, -0.25) is 0 Å². The molecule has 1 aliphatic rings. The minimum absolute atomic E-state index is 0.505. The zero-order valence-electron chi connectivity index (χ0n) is 13.4. The molecule has 0 spiro atoms. The topological polar surface area (TPSA) is 44.3 Å². The minimum Gasteiger partial charge on any atom is -0.373 e. The van der Waals surface area contributed by atoms with Crippen LogP contribution < -0.4 is 5.32 Å². The van der Waals surface area contributed by atoms with E-state index in [0.29, 0.717) is 6.04 Å². The number of rotatable bonds is 4. The maximum absolute atomic E-state index is 4.76. The largest absolute Gasteiger partial charge is 0.373 e. The van der Waals surface area contributed by atoms with E-state index in [-0.39, 0.29) is 0 Å². The highest BCUT2D eigenvalue weighted by Gasteiger charge is 2.23. The third kappa shape index (κ3) is 3.27. The Morgan fingerprint density at radius 1 is 1.25 bits per heavy atom. The fraction of sp³-hybridized carbons (Fsp3) is 0.733. The van der Waals surface area contributed by atoms with Crippen LogP contribution in [0, 0.1) is 6.92 Å². The van der Waals surface area contributed by atoms with Crippen molar-refractivity contribution in [3.05, 3.63) is 17.1 Å². The monoisotopic (exact) mass is 277 g/mol. The SMILES string of the molecule is CCc1nc(CC2CN(C)CCN2C)nc(NC)c1C. The molecule has 1 unspecified atom stereocenters. The van der Waals surface area contributed by atoms with Gasteiger partial charge in [0.25, 0.3) is 0 Å². The Balaban J connectivity index is 2.20. The van der Waals surface area contributed by atoms with Crippen LogP contribution in [0.25, 0.3) is 0 Å². The van der Waals surface area contributed by atoms with Gasteiger partial charge >= 0.3 is 0 Å². The highest BCUT2D eigenvalue weighted by atomic mass is 15.3. The third-order valence-corrected chi connectivity index (χ3v) is 4.26. The number of likely N-dealkylation sites (N-methyl/N-ethyl adjacent to an activating group) is 2. The molecule has 0 saturated carbocycles. The highest BCUT2D eigenvalue weighted by Crippen LogP contribution is 2.18. The standard InChI is InChI=1S/C15H27N5/c1-6-13-11(2)15(16-3)18-14(17-13)9-12-10-19(4)7-8-20(12)5/h12H,6-10H2,1-5H3,(H,16,17,18). The van der Waals surface area contributed by atoms with Crippen LogP contribution in [0.2, 0.25) is 0 Å². The van der Waals surface area contributed by atoms with Crippen molar-refractivity contribution >= 4 is 5.82 Å². The molecule has 1 fully saturated rings. The summed E-state index contributed by atoms with van der Waals surface area (Å²) in [4.78, 5) is 14.3. The number of hydrogen-bond acceptors (Lipinski definition) is 5. The average Bonchev–Trinajstić information content (AvgIpc) is 2.44. The Morgan fingerprint density at radius 3 is 2.65 bits per heavy atom. The zero-order valence-corrected chi connectivity index (χ0v) is 13.4. The number of piperazine rings is 1. The zero-order chi connectivity index (χ0) is 14.7. The molecular weight excluding hydrogens is 250 g/mol. The maximum atomic E-state index is 4.76. The van der Waals surface area contributed by atoms with Gasteiger partial charge < -0.3 is 15.1 Å². The van der Waals surface area contributed by atoms with Crippen LogP contribution in [0.3, 0.4) is 0 Å². The summed E-state index contributed by atoms with van der Waals surface area (Å²) in [7, 11) is 6.32. The van der Waals surface area contributed by atoms with Crippen LogP contribution in [-0.4, -0.2) is 66.6 Å². The number of aryl methyl sites for hydroxylation is 1. The van der Waals surface area contributed by atoms with Crippen molar-refractivity contribution in [2.24, 2.45) is 0 Å². The van der Waals surface area contributed by atoms with Gasteiger partial charge in [0.2, 0.25) is 0 Å². The fourth-order valence-corrected chi connectivity index (χ4v) is 2.83. The predicted octanol–water partition coefficient (Wildman–Crippen LogP) is 1.18. The maximum Gasteiger partial charge on any atom is 0.132 e. The Kier molecular flexibility index (Phi) is 4.94. The van der Waals surface area contributed by atoms with E-state index in [0.717, 1.165) is 49.8 Å². The summed E-state index contributed by atoms with van der Waals surface area (Å²) in [6.07, 6.45) is 1.87. The molecule has 0 aromatic carbocycles. The minimum atomic E-state index is 0.505. The first-order chi connectivity index (χ1) is 9.55. The second-order valence-electron chi connectivity index (χ2n) is 5.76. The average molecular weight is 277 g/mol. The normalized spacial score (nSPS) is 21.1. The molecule has 2 heterocycles. The van der Waals surface area contributed by atoms with E-state index in [4.69, 9.17) is 4.98 Å². The van der Waals surface area contributed by atoms with Crippen LogP contribution in [0.4, 0.5) is 5.82 Å². The van der Waals surface area contributed by atoms with Crippen LogP contribution in [0.5, 0.6) is 0 Å². The second-order valence-corrected chi connectivity index (χ2v) is 5.76. The molecule has 2 rings (SSSR count). The molecule has 0 aliphatic carbocycles. The molecule has 1 aliphatic heterocycles. The molecular formula is C15H27N5. The van der Waals surface area contributed by atoms with E-state index < -0.39 is 0 Å². The summed E-state index contributed by atoms with van der Waals surface area (Å²) in [5.74, 6) is 1.93. The molecule has 0 radical (unpaired) electrons. The molecule has 5 nitrogen and oxygen atoms in total. The van der Waals surface area contributed by atoms with Gasteiger partial charge in [-0.2, -0.15) is 0 Å². The van der Waals surface area contributed by atoms with Gasteiger partial charge in [0.15, 0.2) is 0 Å². The lowest BCUT2D eigenvalue weighted by atomic mass is 10.1. The lowest BCUT2D eigenvalue weighted by Crippen LogP contribution is -2.51. The van der Waals surface area contributed by atoms with E-state index >= 15 is 0 Å². The summed E-state index contributed by atoms with van der Waals surface area (Å²) in [5.41, 5.74) is 2.33. The summed E-state index contributed by atoms with van der Waals surface area (Å²) >= 11 is 0. The molecule has 5 heteroatoms. The van der Waals surface area contributed by atoms with Gasteiger partial charge in [0.05, 0.1) is 0 Å². The van der Waals surface area contributed by atoms with Gasteiger partial charge in [-0.25, -0.2) is 9.97 Å². The lowest BCUT2D eigenvalue weighted by Gasteiger charge is -2.37. The van der Waals surface area contributed by atoms with Crippen molar-refractivity contribution < 1.29 is 0 Å². The highest BCUT2D eigenvalue weighted by molar-refractivity contribution is 5.45. The van der Waals surface area contributed by atoms with Gasteiger partial charge in [-0.15, -0.1) is 0 Å². The summed E-state index contributed by atoms with van der Waals surface area (Å²) in [5, 5.41) is 3.19. The Labute approximate surface area is 122 Å². The first-order valence-corrected chi connectivity index (χ1v) is 7.48. The second kappa shape index (κ2) is 6.50. The summed E-state index contributed by atoms with van der Waals surface area (Å²) < 4.78 is 0. The van der Waals surface area contributed by atoms with E-state index in [1.54, 1.807) is 0 Å². The fourth-order valence-electron chi connectivity index (χ4n) is 2.83. The number of aromatic nitrogens is 2. The molecule has 1 atom stereocenters. The van der Waals surface area contributed by atoms with Crippen molar-refractivity contribution in [1.29, 1.82) is 0 Å². The van der Waals surface area contributed by atoms with Crippen molar-refractivity contribution in [3.63, 3.8) is 0 Å². The summed E-state index contributed by atoms with van der Waals surface area (Å²) in [6.45, 7) is 7.59. The molecule has 1 aromatic rings. The number of nitrogens with zero attached hydrogens (tertiary/aromatic N) is 4. The Bertz CT molecular complexity index is 435. The van der Waals surface area contributed by atoms with Gasteiger partial charge in [-0.05, 0) is 27.4 Å². The molecule has 0 amide bonds. The quantitative estimate of drug-likeness (QED) is 0.895. The van der Waals surface area contributed by atoms with E-state index in [1.807, 2.05) is 7.05 Å². The van der Waals surface area contributed by atoms with Crippen molar-refractivity contribution in [1.82, 2.24) is 19.8 Å². The molecule has 1 N–H and O–H groups in total. The predicted molar refractivity (Wildman–Crippen MR) is 83.3 cm³/mol. The van der Waals surface area contributed by atoms with Crippen LogP contribution in [0.1, 0.15) is 24.0 Å². The van der Waals surface area contributed by atoms with Crippen LogP contribution in [0.15, 0.2) is 0 Å².